The normalized spacial score (nSPS) is 20.8. The first kappa shape index (κ1) is 42.2. The predicted molar refractivity (Wildman–Crippen MR) is 245 cm³/mol. The molecule has 1 spiro atoms. The molecular weight excluding hydrogens is 811 g/mol. The highest BCUT2D eigenvalue weighted by Gasteiger charge is 2.66. The third kappa shape index (κ3) is 7.12. The number of aliphatic hydroxyl groups excluding tert-OH is 1. The Labute approximate surface area is 368 Å². The van der Waals surface area contributed by atoms with Gasteiger partial charge in [-0.15, -0.1) is 5.10 Å². The average molecular weight is 864 g/mol. The van der Waals surface area contributed by atoms with E-state index in [1.807, 2.05) is 113 Å². The molecule has 0 bridgehead atoms. The summed E-state index contributed by atoms with van der Waals surface area (Å²) in [6.07, 6.45) is 3.47. The number of hydrogen-bond acceptors (Lipinski definition) is 9. The molecule has 63 heavy (non-hydrogen) atoms. The summed E-state index contributed by atoms with van der Waals surface area (Å²) in [4.78, 5) is 45.5. The van der Waals surface area contributed by atoms with Crippen LogP contribution >= 0.6 is 0 Å². The van der Waals surface area contributed by atoms with E-state index in [2.05, 4.69) is 42.5 Å². The molecule has 2 amide bonds. The van der Waals surface area contributed by atoms with Crippen molar-refractivity contribution in [3.8, 4) is 5.75 Å². The number of ether oxygens (including phenoxy) is 3. The average Bonchev–Trinajstić information content (AvgIpc) is 4.04. The van der Waals surface area contributed by atoms with Gasteiger partial charge in [-0.3, -0.25) is 24.0 Å². The van der Waals surface area contributed by atoms with E-state index >= 15 is 4.79 Å². The maximum absolute atomic E-state index is 15.5. The lowest BCUT2D eigenvalue weighted by atomic mass is 9.82. The van der Waals surface area contributed by atoms with Crippen molar-refractivity contribution in [2.45, 2.75) is 75.4 Å². The number of rotatable bonds is 15. The van der Waals surface area contributed by atoms with Crippen LogP contribution in [0.1, 0.15) is 65.7 Å². The first-order chi connectivity index (χ1) is 30.5. The lowest BCUT2D eigenvalue weighted by molar-refractivity contribution is -0.146. The van der Waals surface area contributed by atoms with Gasteiger partial charge in [0, 0.05) is 48.3 Å². The number of unbranched alkanes of at least 4 members (excludes halogenated alkanes) is 1. The molecule has 13 heteroatoms. The zero-order valence-corrected chi connectivity index (χ0v) is 37.4. The summed E-state index contributed by atoms with van der Waals surface area (Å²) in [6, 6.07) is 35.7. The summed E-state index contributed by atoms with van der Waals surface area (Å²) in [6.45, 7) is 7.62. The molecule has 324 valence electrons. The van der Waals surface area contributed by atoms with Crippen LogP contribution in [0.3, 0.4) is 0 Å². The van der Waals surface area contributed by atoms with E-state index in [0.29, 0.717) is 49.3 Å². The molecule has 0 aliphatic carbocycles. The standard InChI is InChI=1S/C50H53N5O7Si/c1-32-47(63(4,5)37-23-21-36(60-2)22-24-37)44(26-28-53-30-41(51-52-53)39(31-56)33-13-7-6-8-14-33)62-50(32)40-29-35(20-25-42(40)54(49(50)59)27-10-9-19-45(57)61-3)55-43-18-12-16-34-15-11-17-38(46(34)43)48(55)58/h6-8,11-18,20-25,29-30,32,39,44,47,56H,9-10,19,26-28,31H2,1-5H3/t32-,39?,44+,47-,50+/m0/s1. The number of nitrogens with zero attached hydrogens (tertiary/aromatic N) is 5. The summed E-state index contributed by atoms with van der Waals surface area (Å²) < 4.78 is 19.8. The second-order valence-electron chi connectivity index (χ2n) is 17.5. The number of aliphatic hydroxyl groups is 1. The fraction of sp³-hybridized carbons (Fsp3) is 0.340. The Morgan fingerprint density at radius 1 is 0.905 bits per heavy atom. The number of carbonyl (C=O) groups excluding carboxylic acids is 3. The minimum Gasteiger partial charge on any atom is -0.497 e. The number of anilines is 3. The molecule has 4 heterocycles. The number of carbonyl (C=O) groups is 3. The summed E-state index contributed by atoms with van der Waals surface area (Å²) >= 11 is 0. The van der Waals surface area contributed by atoms with Gasteiger partial charge in [-0.1, -0.05) is 97.1 Å². The molecule has 3 aliphatic heterocycles. The van der Waals surface area contributed by atoms with Gasteiger partial charge >= 0.3 is 5.97 Å². The molecular formula is C50H53N5O7Si. The Bertz CT molecular complexity index is 2680. The van der Waals surface area contributed by atoms with Crippen molar-refractivity contribution in [2.75, 3.05) is 37.2 Å². The van der Waals surface area contributed by atoms with Gasteiger partial charge in [0.15, 0.2) is 5.60 Å². The van der Waals surface area contributed by atoms with E-state index in [1.54, 1.807) is 12.0 Å². The number of aromatic nitrogens is 3. The molecule has 6 aromatic rings. The van der Waals surface area contributed by atoms with Gasteiger partial charge in [0.1, 0.15) is 5.75 Å². The quantitative estimate of drug-likeness (QED) is 0.0622. The van der Waals surface area contributed by atoms with E-state index in [-0.39, 0.29) is 54.3 Å². The Hall–Kier alpha value is -6.15. The molecule has 5 atom stereocenters. The van der Waals surface area contributed by atoms with Crippen LogP contribution in [-0.2, 0) is 31.2 Å². The molecule has 5 aromatic carbocycles. The van der Waals surface area contributed by atoms with Gasteiger partial charge in [0.05, 0.1) is 63.6 Å². The third-order valence-electron chi connectivity index (χ3n) is 13.8. The van der Waals surface area contributed by atoms with Crippen LogP contribution in [0.5, 0.6) is 5.75 Å². The SMILES string of the molecule is COC(=O)CCCCN1C(=O)[C@]2(O[C@H](CCn3cc(C(CO)c4ccccc4)nn3)[C@@H]([Si](C)(C)c3ccc(OC)cc3)[C@@H]2C)c2cc(N3C(=O)c4cccc5cccc3c45)ccc21. The number of esters is 1. The Balaban J connectivity index is 1.12. The summed E-state index contributed by atoms with van der Waals surface area (Å²) in [5, 5.41) is 22.5. The van der Waals surface area contributed by atoms with E-state index < -0.39 is 13.7 Å². The highest BCUT2D eigenvalue weighted by Crippen LogP contribution is 2.61. The van der Waals surface area contributed by atoms with E-state index in [9.17, 15) is 14.7 Å². The van der Waals surface area contributed by atoms with Crippen molar-refractivity contribution in [1.82, 2.24) is 15.0 Å². The topological polar surface area (TPSA) is 136 Å². The zero-order valence-electron chi connectivity index (χ0n) is 36.4. The zero-order chi connectivity index (χ0) is 44.0. The Morgan fingerprint density at radius 3 is 2.40 bits per heavy atom. The molecule has 1 saturated heterocycles. The first-order valence-electron chi connectivity index (χ1n) is 21.8. The van der Waals surface area contributed by atoms with E-state index in [0.717, 1.165) is 39.0 Å². The van der Waals surface area contributed by atoms with E-state index in [4.69, 9.17) is 14.2 Å². The minimum atomic E-state index is -2.49. The maximum atomic E-state index is 15.5. The lowest BCUT2D eigenvalue weighted by Gasteiger charge is -2.37. The number of hydrogen-bond donors (Lipinski definition) is 1. The number of methoxy groups -OCH3 is 2. The summed E-state index contributed by atoms with van der Waals surface area (Å²) in [5.74, 6) is -0.371. The highest BCUT2D eigenvalue weighted by molar-refractivity contribution is 6.91. The van der Waals surface area contributed by atoms with Crippen LogP contribution in [0.15, 0.2) is 115 Å². The summed E-state index contributed by atoms with van der Waals surface area (Å²) in [7, 11) is 0.552. The van der Waals surface area contributed by atoms with Gasteiger partial charge in [0.25, 0.3) is 11.8 Å². The molecule has 9 rings (SSSR count). The fourth-order valence-electron chi connectivity index (χ4n) is 10.6. The Morgan fingerprint density at radius 2 is 1.67 bits per heavy atom. The van der Waals surface area contributed by atoms with Crippen LogP contribution < -0.4 is 19.7 Å². The maximum Gasteiger partial charge on any atom is 0.305 e. The largest absolute Gasteiger partial charge is 0.497 e. The smallest absolute Gasteiger partial charge is 0.305 e. The van der Waals surface area contributed by atoms with Crippen molar-refractivity contribution in [3.05, 3.63) is 138 Å². The molecule has 12 nitrogen and oxygen atoms in total. The molecule has 1 unspecified atom stereocenters. The van der Waals surface area contributed by atoms with Crippen LogP contribution in [0.4, 0.5) is 17.1 Å². The number of amides is 2. The van der Waals surface area contributed by atoms with Crippen molar-refractivity contribution in [1.29, 1.82) is 0 Å². The molecule has 1 fully saturated rings. The van der Waals surface area contributed by atoms with Crippen molar-refractivity contribution < 1.29 is 33.7 Å². The van der Waals surface area contributed by atoms with Crippen LogP contribution in [-0.4, -0.2) is 79.4 Å². The van der Waals surface area contributed by atoms with Gasteiger partial charge < -0.3 is 24.2 Å². The van der Waals surface area contributed by atoms with Gasteiger partial charge in [-0.05, 0) is 78.2 Å². The van der Waals surface area contributed by atoms with E-state index in [1.165, 1.54) is 12.3 Å². The first-order valence-corrected chi connectivity index (χ1v) is 24.9. The lowest BCUT2D eigenvalue weighted by Crippen LogP contribution is -2.52. The molecule has 1 N–H and O–H groups in total. The minimum absolute atomic E-state index is 0.0467. The number of benzene rings is 5. The fourth-order valence-corrected chi connectivity index (χ4v) is 14.7. The molecule has 0 saturated carbocycles. The monoisotopic (exact) mass is 863 g/mol. The molecule has 0 radical (unpaired) electrons. The van der Waals surface area contributed by atoms with Crippen LogP contribution in [0.25, 0.3) is 10.8 Å². The van der Waals surface area contributed by atoms with Gasteiger partial charge in [-0.2, -0.15) is 0 Å². The second kappa shape index (κ2) is 16.9. The van der Waals surface area contributed by atoms with Gasteiger partial charge in [-0.25, -0.2) is 0 Å². The Kier molecular flexibility index (Phi) is 11.3. The van der Waals surface area contributed by atoms with Crippen LogP contribution in [0, 0.1) is 5.92 Å². The third-order valence-corrected chi connectivity index (χ3v) is 18.2. The van der Waals surface area contributed by atoms with Crippen molar-refractivity contribution >= 4 is 58.9 Å². The van der Waals surface area contributed by atoms with Gasteiger partial charge in [0.2, 0.25) is 0 Å². The number of fused-ring (bicyclic) bond motifs is 2. The van der Waals surface area contributed by atoms with Crippen molar-refractivity contribution in [2.24, 2.45) is 5.92 Å². The van der Waals surface area contributed by atoms with Crippen LogP contribution in [0.2, 0.25) is 18.6 Å². The highest BCUT2D eigenvalue weighted by atomic mass is 28.3. The predicted octanol–water partition coefficient (Wildman–Crippen LogP) is 7.85. The molecule has 1 aromatic heterocycles. The van der Waals surface area contributed by atoms with Crippen molar-refractivity contribution in [3.63, 3.8) is 0 Å². The number of aryl methyl sites for hydroxylation is 1. The second-order valence-corrected chi connectivity index (χ2v) is 22.2. The molecule has 3 aliphatic rings. The summed E-state index contributed by atoms with van der Waals surface area (Å²) in [5.41, 5.74) is 3.81.